The molecule has 1 aromatic heterocycles. The lowest BCUT2D eigenvalue weighted by atomic mass is 10.1. The normalized spacial score (nSPS) is 12.0. The zero-order valence-electron chi connectivity index (χ0n) is 13.2. The number of thiazole rings is 1. The van der Waals surface area contributed by atoms with Crippen molar-refractivity contribution in [2.45, 2.75) is 19.9 Å². The van der Waals surface area contributed by atoms with E-state index in [1.807, 2.05) is 38.1 Å². The Morgan fingerprint density at radius 2 is 2.00 bits per heavy atom. The summed E-state index contributed by atoms with van der Waals surface area (Å²) in [5.41, 5.74) is 1.59. The molecule has 1 amide bonds. The van der Waals surface area contributed by atoms with Gasteiger partial charge in [-0.15, -0.1) is 11.3 Å². The van der Waals surface area contributed by atoms with Crippen molar-refractivity contribution in [3.05, 3.63) is 45.4 Å². The van der Waals surface area contributed by atoms with Crippen LogP contribution in [0.25, 0.3) is 0 Å². The Balaban J connectivity index is 2.25. The van der Waals surface area contributed by atoms with Gasteiger partial charge in [0.1, 0.15) is 10.6 Å². The molecule has 2 aromatic rings. The van der Waals surface area contributed by atoms with Crippen molar-refractivity contribution >= 4 is 17.2 Å². The van der Waals surface area contributed by atoms with Crippen LogP contribution >= 0.6 is 11.3 Å². The van der Waals surface area contributed by atoms with Crippen LogP contribution in [0.2, 0.25) is 0 Å². The van der Waals surface area contributed by atoms with Crippen molar-refractivity contribution < 1.29 is 14.6 Å². The summed E-state index contributed by atoms with van der Waals surface area (Å²) in [6.45, 7) is 3.55. The number of hydrogen-bond donors (Lipinski definition) is 1. The topological polar surface area (TPSA) is 62.7 Å². The van der Waals surface area contributed by atoms with Crippen molar-refractivity contribution in [1.82, 2.24) is 9.88 Å². The summed E-state index contributed by atoms with van der Waals surface area (Å²) in [7, 11) is 3.30. The molecule has 1 unspecified atom stereocenters. The van der Waals surface area contributed by atoms with E-state index in [9.17, 15) is 9.90 Å². The molecule has 0 spiro atoms. The molecule has 5 nitrogen and oxygen atoms in total. The first-order valence-electron chi connectivity index (χ1n) is 6.94. The lowest BCUT2D eigenvalue weighted by Gasteiger charge is -2.27. The highest BCUT2D eigenvalue weighted by molar-refractivity contribution is 7.13. The average molecular weight is 320 g/mol. The molecule has 2 rings (SSSR count). The van der Waals surface area contributed by atoms with Crippen molar-refractivity contribution in [3.63, 3.8) is 0 Å². The number of ether oxygens (including phenoxy) is 1. The molecule has 1 atom stereocenters. The molecule has 118 valence electrons. The summed E-state index contributed by atoms with van der Waals surface area (Å²) in [5.74, 6) is 0.612. The first-order valence-corrected chi connectivity index (χ1v) is 7.75. The van der Waals surface area contributed by atoms with Gasteiger partial charge in [-0.25, -0.2) is 4.98 Å². The average Bonchev–Trinajstić information content (AvgIpc) is 2.86. The number of aliphatic hydroxyl groups is 1. The molecular formula is C16H20N2O3S. The third-order valence-electron chi connectivity index (χ3n) is 3.56. The lowest BCUT2D eigenvalue weighted by molar-refractivity contribution is 0.0662. The first kappa shape index (κ1) is 16.5. The number of amides is 1. The molecule has 1 N–H and O–H groups in total. The molecule has 1 heterocycles. The molecule has 6 heteroatoms. The second-order valence-corrected chi connectivity index (χ2v) is 6.24. The lowest BCUT2D eigenvalue weighted by Crippen LogP contribution is -2.33. The van der Waals surface area contributed by atoms with E-state index >= 15 is 0 Å². The van der Waals surface area contributed by atoms with E-state index in [1.54, 1.807) is 19.1 Å². The smallest absolute Gasteiger partial charge is 0.266 e. The number of benzene rings is 1. The number of aliphatic hydroxyl groups excluding tert-OH is 1. The Kier molecular flexibility index (Phi) is 5.15. The number of carbonyl (C=O) groups is 1. The summed E-state index contributed by atoms with van der Waals surface area (Å²) in [4.78, 5) is 19.1. The van der Waals surface area contributed by atoms with Crippen LogP contribution in [-0.2, 0) is 0 Å². The largest absolute Gasteiger partial charge is 0.497 e. The summed E-state index contributed by atoms with van der Waals surface area (Å²) in [6.07, 6.45) is 0. The van der Waals surface area contributed by atoms with Crippen LogP contribution in [0.5, 0.6) is 5.75 Å². The molecule has 0 saturated carbocycles. The fourth-order valence-electron chi connectivity index (χ4n) is 2.31. The highest BCUT2D eigenvalue weighted by Gasteiger charge is 2.25. The Hall–Kier alpha value is -1.92. The van der Waals surface area contributed by atoms with Crippen molar-refractivity contribution in [1.29, 1.82) is 0 Å². The molecule has 0 radical (unpaired) electrons. The van der Waals surface area contributed by atoms with E-state index in [-0.39, 0.29) is 12.5 Å². The second-order valence-electron chi connectivity index (χ2n) is 5.04. The number of aromatic nitrogens is 1. The number of rotatable bonds is 5. The van der Waals surface area contributed by atoms with Crippen molar-refractivity contribution in [3.8, 4) is 5.75 Å². The van der Waals surface area contributed by atoms with Crippen molar-refractivity contribution in [2.24, 2.45) is 0 Å². The van der Waals surface area contributed by atoms with Gasteiger partial charge in [0.25, 0.3) is 5.91 Å². The van der Waals surface area contributed by atoms with E-state index < -0.39 is 6.04 Å². The van der Waals surface area contributed by atoms with E-state index in [0.717, 1.165) is 22.0 Å². The third kappa shape index (κ3) is 3.28. The van der Waals surface area contributed by atoms with E-state index in [2.05, 4.69) is 4.98 Å². The summed E-state index contributed by atoms with van der Waals surface area (Å²) in [6, 6.07) is 6.94. The van der Waals surface area contributed by atoms with E-state index in [4.69, 9.17) is 4.74 Å². The van der Waals surface area contributed by atoms with Gasteiger partial charge in [-0.1, -0.05) is 12.1 Å². The number of aryl methyl sites for hydroxylation is 2. The number of nitrogens with zero attached hydrogens (tertiary/aromatic N) is 2. The monoisotopic (exact) mass is 320 g/mol. The predicted octanol–water partition coefficient (Wildman–Crippen LogP) is 2.57. The van der Waals surface area contributed by atoms with Crippen molar-refractivity contribution in [2.75, 3.05) is 20.8 Å². The van der Waals surface area contributed by atoms with Crippen LogP contribution < -0.4 is 4.74 Å². The molecule has 0 bridgehead atoms. The van der Waals surface area contributed by atoms with Crippen LogP contribution in [-0.4, -0.2) is 41.7 Å². The van der Waals surface area contributed by atoms with Crippen LogP contribution in [0.3, 0.4) is 0 Å². The van der Waals surface area contributed by atoms with Gasteiger partial charge in [0.2, 0.25) is 0 Å². The molecular weight excluding hydrogens is 300 g/mol. The highest BCUT2D eigenvalue weighted by atomic mass is 32.1. The maximum Gasteiger partial charge on any atom is 0.266 e. The van der Waals surface area contributed by atoms with E-state index in [0.29, 0.717) is 4.88 Å². The van der Waals surface area contributed by atoms with Gasteiger partial charge in [0, 0.05) is 7.05 Å². The van der Waals surface area contributed by atoms with Gasteiger partial charge in [0.05, 0.1) is 30.5 Å². The minimum absolute atomic E-state index is 0.127. The van der Waals surface area contributed by atoms with Gasteiger partial charge in [-0.05, 0) is 31.5 Å². The Morgan fingerprint density at radius 3 is 2.45 bits per heavy atom. The highest BCUT2D eigenvalue weighted by Crippen LogP contribution is 2.26. The zero-order valence-corrected chi connectivity index (χ0v) is 14.0. The first-order chi connectivity index (χ1) is 10.5. The Morgan fingerprint density at radius 1 is 1.36 bits per heavy atom. The maximum atomic E-state index is 12.6. The van der Waals surface area contributed by atoms with Crippen LogP contribution in [0.15, 0.2) is 24.3 Å². The molecule has 0 aliphatic carbocycles. The van der Waals surface area contributed by atoms with Crippen LogP contribution in [0, 0.1) is 13.8 Å². The molecule has 0 aliphatic heterocycles. The summed E-state index contributed by atoms with van der Waals surface area (Å²) >= 11 is 1.38. The Bertz CT molecular complexity index is 652. The SMILES string of the molecule is COc1ccc(C(CO)N(C)C(=O)c2sc(C)nc2C)cc1. The third-order valence-corrected chi connectivity index (χ3v) is 4.62. The predicted molar refractivity (Wildman–Crippen MR) is 86.5 cm³/mol. The van der Waals surface area contributed by atoms with Crippen LogP contribution in [0.4, 0.5) is 0 Å². The van der Waals surface area contributed by atoms with E-state index in [1.165, 1.54) is 11.3 Å². The molecule has 0 aliphatic rings. The summed E-state index contributed by atoms with van der Waals surface area (Å²) in [5, 5.41) is 10.6. The second kappa shape index (κ2) is 6.89. The summed E-state index contributed by atoms with van der Waals surface area (Å²) < 4.78 is 5.13. The molecule has 0 saturated heterocycles. The fraction of sp³-hybridized carbons (Fsp3) is 0.375. The minimum Gasteiger partial charge on any atom is -0.497 e. The quantitative estimate of drug-likeness (QED) is 0.920. The number of hydrogen-bond acceptors (Lipinski definition) is 5. The minimum atomic E-state index is -0.403. The molecule has 1 aromatic carbocycles. The Labute approximate surface area is 134 Å². The maximum absolute atomic E-state index is 12.6. The molecule has 0 fully saturated rings. The van der Waals surface area contributed by atoms with Crippen LogP contribution in [0.1, 0.15) is 32.0 Å². The van der Waals surface area contributed by atoms with Gasteiger partial charge in [0.15, 0.2) is 0 Å². The fourth-order valence-corrected chi connectivity index (χ4v) is 3.21. The van der Waals surface area contributed by atoms with Gasteiger partial charge in [-0.3, -0.25) is 4.79 Å². The van der Waals surface area contributed by atoms with Gasteiger partial charge < -0.3 is 14.7 Å². The standard InChI is InChI=1S/C16H20N2O3S/c1-10-15(22-11(2)17-10)16(20)18(3)14(9-19)12-5-7-13(21-4)8-6-12/h5-8,14,19H,9H2,1-4H3. The van der Waals surface area contributed by atoms with Gasteiger partial charge in [-0.2, -0.15) is 0 Å². The molecule has 22 heavy (non-hydrogen) atoms. The zero-order chi connectivity index (χ0) is 16.3. The number of carbonyl (C=O) groups excluding carboxylic acids is 1. The number of methoxy groups -OCH3 is 1. The van der Waals surface area contributed by atoms with Gasteiger partial charge >= 0.3 is 0 Å². The number of likely N-dealkylation sites (N-methyl/N-ethyl adjacent to an activating group) is 1.